The van der Waals surface area contributed by atoms with Crippen molar-refractivity contribution >= 4 is 23.5 Å². The minimum absolute atomic E-state index is 0.0140. The van der Waals surface area contributed by atoms with E-state index in [2.05, 4.69) is 4.74 Å². The standard InChI is InChI=1S/C12H14O4S/c1-16-12(15)6-7-17-8-11(14)9-2-4-10(13)5-3-9/h2-5,13H,6-8H2,1H3. The first-order valence-electron chi connectivity index (χ1n) is 5.10. The molecule has 5 heteroatoms. The molecule has 4 nitrogen and oxygen atoms in total. The van der Waals surface area contributed by atoms with Gasteiger partial charge in [0.2, 0.25) is 0 Å². The summed E-state index contributed by atoms with van der Waals surface area (Å²) in [6.07, 6.45) is 0.310. The van der Waals surface area contributed by atoms with Crippen molar-refractivity contribution < 1.29 is 19.4 Å². The SMILES string of the molecule is COC(=O)CCSCC(=O)c1ccc(O)cc1. The van der Waals surface area contributed by atoms with E-state index in [4.69, 9.17) is 5.11 Å². The van der Waals surface area contributed by atoms with Gasteiger partial charge in [-0.15, -0.1) is 0 Å². The van der Waals surface area contributed by atoms with Crippen LogP contribution in [0.15, 0.2) is 24.3 Å². The molecule has 0 aromatic heterocycles. The maximum absolute atomic E-state index is 11.7. The third-order valence-corrected chi connectivity index (χ3v) is 3.06. The van der Waals surface area contributed by atoms with Crippen molar-refractivity contribution in [2.75, 3.05) is 18.6 Å². The molecule has 1 aromatic rings. The van der Waals surface area contributed by atoms with E-state index in [-0.39, 0.29) is 17.5 Å². The molecule has 0 fully saturated rings. The van der Waals surface area contributed by atoms with Gasteiger partial charge in [0.05, 0.1) is 19.3 Å². The van der Waals surface area contributed by atoms with Crippen LogP contribution in [0.3, 0.4) is 0 Å². The number of rotatable bonds is 6. The molecule has 17 heavy (non-hydrogen) atoms. The second-order valence-electron chi connectivity index (χ2n) is 3.35. The third-order valence-electron chi connectivity index (χ3n) is 2.10. The van der Waals surface area contributed by atoms with Crippen molar-refractivity contribution in [1.29, 1.82) is 0 Å². The molecule has 0 heterocycles. The number of hydrogen-bond donors (Lipinski definition) is 1. The second kappa shape index (κ2) is 6.96. The van der Waals surface area contributed by atoms with Crippen LogP contribution < -0.4 is 0 Å². The Balaban J connectivity index is 2.30. The molecule has 0 amide bonds. The number of methoxy groups -OCH3 is 1. The van der Waals surface area contributed by atoms with Gasteiger partial charge in [0, 0.05) is 11.3 Å². The average Bonchev–Trinajstić information content (AvgIpc) is 2.34. The number of carbonyl (C=O) groups excluding carboxylic acids is 2. The van der Waals surface area contributed by atoms with Gasteiger partial charge >= 0.3 is 5.97 Å². The zero-order valence-electron chi connectivity index (χ0n) is 9.51. The van der Waals surface area contributed by atoms with E-state index in [9.17, 15) is 9.59 Å². The molecule has 1 rings (SSSR count). The van der Waals surface area contributed by atoms with Crippen LogP contribution in [0, 0.1) is 0 Å². The fourth-order valence-corrected chi connectivity index (χ4v) is 1.96. The molecule has 0 radical (unpaired) electrons. The van der Waals surface area contributed by atoms with Crippen LogP contribution >= 0.6 is 11.8 Å². The Morgan fingerprint density at radius 1 is 1.29 bits per heavy atom. The maximum atomic E-state index is 11.7. The lowest BCUT2D eigenvalue weighted by Gasteiger charge is -2.01. The Kier molecular flexibility index (Phi) is 5.56. The highest BCUT2D eigenvalue weighted by Gasteiger charge is 2.06. The van der Waals surface area contributed by atoms with Crippen molar-refractivity contribution in [3.8, 4) is 5.75 Å². The van der Waals surface area contributed by atoms with Crippen molar-refractivity contribution in [2.24, 2.45) is 0 Å². The number of ether oxygens (including phenoxy) is 1. The molecule has 92 valence electrons. The van der Waals surface area contributed by atoms with Gasteiger partial charge in [-0.25, -0.2) is 0 Å². The predicted octanol–water partition coefficient (Wildman–Crippen LogP) is 1.87. The molecule has 1 N–H and O–H groups in total. The summed E-state index contributed by atoms with van der Waals surface area (Å²) in [5.74, 6) is 0.743. The van der Waals surface area contributed by atoms with Crippen molar-refractivity contribution in [2.45, 2.75) is 6.42 Å². The molecule has 0 unspecified atom stereocenters. The highest BCUT2D eigenvalue weighted by atomic mass is 32.2. The summed E-state index contributed by atoms with van der Waals surface area (Å²) in [5, 5.41) is 9.07. The van der Waals surface area contributed by atoms with E-state index in [1.54, 1.807) is 12.1 Å². The van der Waals surface area contributed by atoms with Gasteiger partial charge in [-0.05, 0) is 24.3 Å². The van der Waals surface area contributed by atoms with Gasteiger partial charge in [0.1, 0.15) is 5.75 Å². The van der Waals surface area contributed by atoms with Gasteiger partial charge in [-0.3, -0.25) is 9.59 Å². The number of aromatic hydroxyl groups is 1. The number of esters is 1. The number of Topliss-reactive ketones (excluding diaryl/α,β-unsaturated/α-hetero) is 1. The van der Waals surface area contributed by atoms with E-state index in [1.165, 1.54) is 31.0 Å². The number of phenols is 1. The summed E-state index contributed by atoms with van der Waals surface area (Å²) in [6, 6.07) is 6.12. The Labute approximate surface area is 104 Å². The van der Waals surface area contributed by atoms with Crippen LogP contribution in [0.5, 0.6) is 5.75 Å². The van der Waals surface area contributed by atoms with Crippen molar-refractivity contribution in [3.05, 3.63) is 29.8 Å². The molecule has 0 bridgehead atoms. The topological polar surface area (TPSA) is 63.6 Å². The monoisotopic (exact) mass is 254 g/mol. The third kappa shape index (κ3) is 4.91. The first kappa shape index (κ1) is 13.6. The minimum atomic E-state index is -0.269. The Hall–Kier alpha value is -1.49. The van der Waals surface area contributed by atoms with Gasteiger partial charge in [-0.1, -0.05) is 0 Å². The molecular formula is C12H14O4S. The summed E-state index contributed by atoms with van der Waals surface area (Å²) < 4.78 is 4.49. The lowest BCUT2D eigenvalue weighted by molar-refractivity contribution is -0.140. The van der Waals surface area contributed by atoms with Crippen molar-refractivity contribution in [1.82, 2.24) is 0 Å². The van der Waals surface area contributed by atoms with E-state index < -0.39 is 0 Å². The summed E-state index contributed by atoms with van der Waals surface area (Å²) in [4.78, 5) is 22.5. The highest BCUT2D eigenvalue weighted by molar-refractivity contribution is 8.00. The molecular weight excluding hydrogens is 240 g/mol. The lowest BCUT2D eigenvalue weighted by atomic mass is 10.1. The summed E-state index contributed by atoms with van der Waals surface area (Å²) in [7, 11) is 1.34. The van der Waals surface area contributed by atoms with Crippen LogP contribution in [0.25, 0.3) is 0 Å². The minimum Gasteiger partial charge on any atom is -0.508 e. The molecule has 0 spiro atoms. The van der Waals surface area contributed by atoms with E-state index in [1.807, 2.05) is 0 Å². The number of benzene rings is 1. The Bertz CT molecular complexity index is 386. The maximum Gasteiger partial charge on any atom is 0.306 e. The summed E-state index contributed by atoms with van der Waals surface area (Å²) in [6.45, 7) is 0. The number of thioether (sulfide) groups is 1. The summed E-state index contributed by atoms with van der Waals surface area (Å²) >= 11 is 1.39. The highest BCUT2D eigenvalue weighted by Crippen LogP contribution is 2.13. The number of phenolic OH excluding ortho intramolecular Hbond substituents is 1. The van der Waals surface area contributed by atoms with Crippen LogP contribution in [-0.2, 0) is 9.53 Å². The van der Waals surface area contributed by atoms with Gasteiger partial charge in [-0.2, -0.15) is 11.8 Å². The van der Waals surface area contributed by atoms with Crippen LogP contribution in [-0.4, -0.2) is 35.5 Å². The Morgan fingerprint density at radius 2 is 1.94 bits per heavy atom. The average molecular weight is 254 g/mol. The molecule has 0 aliphatic heterocycles. The molecule has 0 aliphatic rings. The van der Waals surface area contributed by atoms with Gasteiger partial charge in [0.15, 0.2) is 5.78 Å². The van der Waals surface area contributed by atoms with Crippen LogP contribution in [0.2, 0.25) is 0 Å². The normalized spacial score (nSPS) is 9.94. The van der Waals surface area contributed by atoms with Gasteiger partial charge < -0.3 is 9.84 Å². The van der Waals surface area contributed by atoms with Crippen molar-refractivity contribution in [3.63, 3.8) is 0 Å². The number of ketones is 1. The zero-order valence-corrected chi connectivity index (χ0v) is 10.3. The second-order valence-corrected chi connectivity index (χ2v) is 4.45. The fourth-order valence-electron chi connectivity index (χ4n) is 1.15. The molecule has 0 aliphatic carbocycles. The van der Waals surface area contributed by atoms with Crippen LogP contribution in [0.1, 0.15) is 16.8 Å². The number of carbonyl (C=O) groups is 2. The Morgan fingerprint density at radius 3 is 2.53 bits per heavy atom. The van der Waals surface area contributed by atoms with Gasteiger partial charge in [0.25, 0.3) is 0 Å². The lowest BCUT2D eigenvalue weighted by Crippen LogP contribution is -2.05. The smallest absolute Gasteiger partial charge is 0.306 e. The quantitative estimate of drug-likeness (QED) is 0.477. The first-order valence-corrected chi connectivity index (χ1v) is 6.25. The van der Waals surface area contributed by atoms with E-state index in [0.29, 0.717) is 23.5 Å². The fraction of sp³-hybridized carbons (Fsp3) is 0.333. The molecule has 0 atom stereocenters. The molecule has 0 saturated carbocycles. The van der Waals surface area contributed by atoms with E-state index in [0.717, 1.165) is 0 Å². The van der Waals surface area contributed by atoms with Crippen LogP contribution in [0.4, 0.5) is 0 Å². The first-order chi connectivity index (χ1) is 8.13. The molecule has 0 saturated heterocycles. The zero-order chi connectivity index (χ0) is 12.7. The largest absolute Gasteiger partial charge is 0.508 e. The molecule has 1 aromatic carbocycles. The predicted molar refractivity (Wildman–Crippen MR) is 66.4 cm³/mol. The number of hydrogen-bond acceptors (Lipinski definition) is 5. The van der Waals surface area contributed by atoms with E-state index >= 15 is 0 Å². The summed E-state index contributed by atoms with van der Waals surface area (Å²) in [5.41, 5.74) is 0.563.